The van der Waals surface area contributed by atoms with E-state index in [1.54, 1.807) is 0 Å². The third kappa shape index (κ3) is 3.23. The van der Waals surface area contributed by atoms with E-state index in [-0.39, 0.29) is 12.5 Å². The van der Waals surface area contributed by atoms with Crippen molar-refractivity contribution < 1.29 is 23.8 Å². The highest BCUT2D eigenvalue weighted by atomic mass is 19.2. The van der Waals surface area contributed by atoms with Gasteiger partial charge >= 0.3 is 6.09 Å². The van der Waals surface area contributed by atoms with Crippen LogP contribution in [0.25, 0.3) is 0 Å². The average Bonchev–Trinajstić information content (AvgIpc) is 2.75. The topological polar surface area (TPSA) is 72.8 Å². The number of halogens is 2. The molecule has 20 heavy (non-hydrogen) atoms. The highest BCUT2D eigenvalue weighted by Crippen LogP contribution is 2.28. The van der Waals surface area contributed by atoms with E-state index in [1.807, 2.05) is 4.90 Å². The number of benzene rings is 1. The van der Waals surface area contributed by atoms with E-state index in [1.165, 1.54) is 6.07 Å². The van der Waals surface area contributed by atoms with Gasteiger partial charge in [0.15, 0.2) is 11.6 Å². The second kappa shape index (κ2) is 6.15. The van der Waals surface area contributed by atoms with Crippen molar-refractivity contribution >= 4 is 6.09 Å². The van der Waals surface area contributed by atoms with Crippen molar-refractivity contribution in [1.29, 1.82) is 0 Å². The van der Waals surface area contributed by atoms with Gasteiger partial charge in [-0.1, -0.05) is 6.07 Å². The molecule has 1 aliphatic heterocycles. The van der Waals surface area contributed by atoms with Crippen molar-refractivity contribution in [3.05, 3.63) is 35.4 Å². The third-order valence-corrected chi connectivity index (χ3v) is 3.49. The van der Waals surface area contributed by atoms with Gasteiger partial charge in [-0.2, -0.15) is 0 Å². The highest BCUT2D eigenvalue weighted by Gasteiger charge is 2.34. The number of rotatable bonds is 4. The van der Waals surface area contributed by atoms with Gasteiger partial charge in [0, 0.05) is 25.6 Å². The van der Waals surface area contributed by atoms with Crippen LogP contribution < -0.4 is 5.32 Å². The molecule has 1 aromatic rings. The van der Waals surface area contributed by atoms with Crippen molar-refractivity contribution in [2.75, 3.05) is 26.2 Å². The Morgan fingerprint density at radius 1 is 1.35 bits per heavy atom. The van der Waals surface area contributed by atoms with Crippen LogP contribution in [-0.2, 0) is 0 Å². The van der Waals surface area contributed by atoms with Crippen LogP contribution in [0, 0.1) is 11.6 Å². The fraction of sp³-hybridized carbons (Fsp3) is 0.462. The summed E-state index contributed by atoms with van der Waals surface area (Å²) in [4.78, 5) is 12.7. The molecule has 0 unspecified atom stereocenters. The molecule has 1 saturated heterocycles. The zero-order chi connectivity index (χ0) is 14.7. The molecule has 1 aromatic carbocycles. The number of aliphatic hydroxyl groups is 1. The molecular weight excluding hydrogens is 270 g/mol. The molecule has 0 spiro atoms. The van der Waals surface area contributed by atoms with Gasteiger partial charge in [-0.3, -0.25) is 4.90 Å². The van der Waals surface area contributed by atoms with Crippen molar-refractivity contribution in [2.45, 2.75) is 12.0 Å². The van der Waals surface area contributed by atoms with Crippen LogP contribution in [0.2, 0.25) is 0 Å². The minimum absolute atomic E-state index is 0.0374. The third-order valence-electron chi connectivity index (χ3n) is 3.49. The first kappa shape index (κ1) is 14.7. The normalized spacial score (nSPS) is 22.9. The van der Waals surface area contributed by atoms with Crippen LogP contribution in [0.5, 0.6) is 0 Å². The quantitative estimate of drug-likeness (QED) is 0.772. The molecule has 0 aliphatic carbocycles. The van der Waals surface area contributed by atoms with Crippen molar-refractivity contribution in [2.24, 2.45) is 0 Å². The SMILES string of the molecule is O=C(O)N[C@@H]1CN(CCO)C[C@H]1c1ccc(F)c(F)c1. The molecule has 0 aromatic heterocycles. The van der Waals surface area contributed by atoms with E-state index >= 15 is 0 Å². The molecule has 0 radical (unpaired) electrons. The van der Waals surface area contributed by atoms with Gasteiger partial charge in [0.05, 0.1) is 12.6 Å². The second-order valence-corrected chi connectivity index (χ2v) is 4.82. The lowest BCUT2D eigenvalue weighted by atomic mass is 9.94. The van der Waals surface area contributed by atoms with Crippen LogP contribution in [-0.4, -0.2) is 53.5 Å². The maximum Gasteiger partial charge on any atom is 0.404 e. The average molecular weight is 286 g/mol. The van der Waals surface area contributed by atoms with E-state index < -0.39 is 23.8 Å². The maximum absolute atomic E-state index is 13.3. The lowest BCUT2D eigenvalue weighted by Gasteiger charge is -2.18. The summed E-state index contributed by atoms with van der Waals surface area (Å²) in [5.74, 6) is -2.15. The lowest BCUT2D eigenvalue weighted by Crippen LogP contribution is -2.39. The molecular formula is C13H16F2N2O3. The van der Waals surface area contributed by atoms with Crippen LogP contribution in [0.3, 0.4) is 0 Å². The van der Waals surface area contributed by atoms with E-state index in [4.69, 9.17) is 10.2 Å². The summed E-state index contributed by atoms with van der Waals surface area (Å²) in [6, 6.07) is 3.18. The maximum atomic E-state index is 13.3. The Hall–Kier alpha value is -1.73. The molecule has 0 saturated carbocycles. The Labute approximate surface area is 114 Å². The highest BCUT2D eigenvalue weighted by molar-refractivity contribution is 5.65. The predicted octanol–water partition coefficient (Wildman–Crippen LogP) is 0.992. The summed E-state index contributed by atoms with van der Waals surface area (Å²) >= 11 is 0. The van der Waals surface area contributed by atoms with Gasteiger partial charge in [-0.05, 0) is 17.7 Å². The fourth-order valence-corrected chi connectivity index (χ4v) is 2.59. The van der Waals surface area contributed by atoms with E-state index in [9.17, 15) is 13.6 Å². The summed E-state index contributed by atoms with van der Waals surface area (Å²) in [7, 11) is 0. The molecule has 3 N–H and O–H groups in total. The minimum atomic E-state index is -1.16. The summed E-state index contributed by atoms with van der Waals surface area (Å²) < 4.78 is 26.3. The number of nitrogens with zero attached hydrogens (tertiary/aromatic N) is 1. The number of hydrogen-bond donors (Lipinski definition) is 3. The zero-order valence-electron chi connectivity index (χ0n) is 10.7. The van der Waals surface area contributed by atoms with Gasteiger partial charge in [0.1, 0.15) is 0 Å². The second-order valence-electron chi connectivity index (χ2n) is 4.82. The molecule has 2 atom stereocenters. The first-order valence-electron chi connectivity index (χ1n) is 6.29. The molecule has 1 heterocycles. The number of β-amino-alcohol motifs (C(OH)–C–C–N with tert-alkyl or cyclic N) is 1. The number of amides is 1. The zero-order valence-corrected chi connectivity index (χ0v) is 10.7. The summed E-state index contributed by atoms with van der Waals surface area (Å²) in [5, 5.41) is 20.2. The van der Waals surface area contributed by atoms with E-state index in [2.05, 4.69) is 5.32 Å². The Balaban J connectivity index is 2.20. The van der Waals surface area contributed by atoms with Crippen molar-refractivity contribution in [3.63, 3.8) is 0 Å². The minimum Gasteiger partial charge on any atom is -0.465 e. The number of likely N-dealkylation sites (tertiary alicyclic amines) is 1. The predicted molar refractivity (Wildman–Crippen MR) is 67.6 cm³/mol. The van der Waals surface area contributed by atoms with Crippen molar-refractivity contribution in [1.82, 2.24) is 10.2 Å². The molecule has 0 bridgehead atoms. The van der Waals surface area contributed by atoms with E-state index in [0.29, 0.717) is 25.2 Å². The monoisotopic (exact) mass is 286 g/mol. The van der Waals surface area contributed by atoms with Gasteiger partial charge in [-0.25, -0.2) is 13.6 Å². The van der Waals surface area contributed by atoms with Crippen LogP contribution in [0.4, 0.5) is 13.6 Å². The van der Waals surface area contributed by atoms with Crippen LogP contribution in [0.1, 0.15) is 11.5 Å². The van der Waals surface area contributed by atoms with Gasteiger partial charge < -0.3 is 15.5 Å². The Kier molecular flexibility index (Phi) is 4.51. The van der Waals surface area contributed by atoms with Crippen LogP contribution in [0.15, 0.2) is 18.2 Å². The smallest absolute Gasteiger partial charge is 0.404 e. The molecule has 2 rings (SSSR count). The summed E-state index contributed by atoms with van der Waals surface area (Å²) in [5.41, 5.74) is 0.545. The summed E-state index contributed by atoms with van der Waals surface area (Å²) in [6.07, 6.45) is -1.16. The molecule has 110 valence electrons. The Bertz CT molecular complexity index is 499. The molecule has 1 amide bonds. The van der Waals surface area contributed by atoms with Crippen LogP contribution >= 0.6 is 0 Å². The number of carbonyl (C=O) groups is 1. The van der Waals surface area contributed by atoms with Gasteiger partial charge in [0.2, 0.25) is 0 Å². The largest absolute Gasteiger partial charge is 0.465 e. The molecule has 1 aliphatic rings. The number of nitrogens with one attached hydrogen (secondary N) is 1. The first-order chi connectivity index (χ1) is 9.51. The fourth-order valence-electron chi connectivity index (χ4n) is 2.59. The molecule has 5 nitrogen and oxygen atoms in total. The Morgan fingerprint density at radius 3 is 2.70 bits per heavy atom. The van der Waals surface area contributed by atoms with Gasteiger partial charge in [-0.15, -0.1) is 0 Å². The summed E-state index contributed by atoms with van der Waals surface area (Å²) in [6.45, 7) is 1.29. The lowest BCUT2D eigenvalue weighted by molar-refractivity contribution is 0.187. The number of hydrogen-bond acceptors (Lipinski definition) is 3. The standard InChI is InChI=1S/C13H16F2N2O3/c14-10-2-1-8(5-11(10)15)9-6-17(3-4-18)7-12(9)16-13(19)20/h1-2,5,9,12,16,18H,3-4,6-7H2,(H,19,20)/t9-,12+/m0/s1. The number of carboxylic acid groups (broad SMARTS) is 1. The molecule has 7 heteroatoms. The van der Waals surface area contributed by atoms with Gasteiger partial charge in [0.25, 0.3) is 0 Å². The molecule has 1 fully saturated rings. The number of aliphatic hydroxyl groups excluding tert-OH is 1. The van der Waals surface area contributed by atoms with E-state index in [0.717, 1.165) is 12.1 Å². The Morgan fingerprint density at radius 2 is 2.10 bits per heavy atom. The first-order valence-corrected chi connectivity index (χ1v) is 6.29. The van der Waals surface area contributed by atoms with Crippen molar-refractivity contribution in [3.8, 4) is 0 Å².